The highest BCUT2D eigenvalue weighted by atomic mass is 19.1. The highest BCUT2D eigenvalue weighted by Gasteiger charge is 2.03. The van der Waals surface area contributed by atoms with Crippen LogP contribution in [0.25, 0.3) is 0 Å². The van der Waals surface area contributed by atoms with Crippen molar-refractivity contribution in [3.8, 4) is 0 Å². The largest absolute Gasteiger partial charge is 0.481 e. The van der Waals surface area contributed by atoms with Crippen LogP contribution in [0.15, 0.2) is 16.7 Å². The lowest BCUT2D eigenvalue weighted by molar-refractivity contribution is -0.136. The molecule has 4 heteroatoms. The Bertz CT molecular complexity index is 241. The van der Waals surface area contributed by atoms with Gasteiger partial charge in [0.1, 0.15) is 0 Å². The maximum Gasteiger partial charge on any atom is 0.307 e. The number of carbonyl (C=O) groups is 1. The van der Waals surface area contributed by atoms with Crippen molar-refractivity contribution in [2.45, 2.75) is 6.42 Å². The zero-order valence-electron chi connectivity index (χ0n) is 5.00. The van der Waals surface area contributed by atoms with E-state index in [0.29, 0.717) is 5.56 Å². The average molecular weight is 144 g/mol. The average Bonchev–Trinajstić information content (AvgIpc) is 2.13. The van der Waals surface area contributed by atoms with E-state index in [4.69, 9.17) is 5.11 Å². The van der Waals surface area contributed by atoms with Crippen molar-refractivity contribution >= 4 is 5.97 Å². The van der Waals surface area contributed by atoms with E-state index in [0.717, 1.165) is 12.3 Å². The maximum atomic E-state index is 12.0. The third kappa shape index (κ3) is 1.58. The Morgan fingerprint density at radius 3 is 2.90 bits per heavy atom. The Hall–Kier alpha value is -1.32. The molecule has 0 aromatic carbocycles. The van der Waals surface area contributed by atoms with Crippen LogP contribution in [0.4, 0.5) is 4.39 Å². The van der Waals surface area contributed by atoms with Gasteiger partial charge in [-0.3, -0.25) is 4.79 Å². The summed E-state index contributed by atoms with van der Waals surface area (Å²) in [5.41, 5.74) is 0.338. The summed E-state index contributed by atoms with van der Waals surface area (Å²) >= 11 is 0. The van der Waals surface area contributed by atoms with Crippen LogP contribution < -0.4 is 0 Å². The van der Waals surface area contributed by atoms with Crippen LogP contribution in [0.2, 0.25) is 0 Å². The summed E-state index contributed by atoms with van der Waals surface area (Å²) in [5, 5.41) is 8.21. The van der Waals surface area contributed by atoms with Crippen molar-refractivity contribution in [2.24, 2.45) is 0 Å². The standard InChI is InChI=1S/C6H5FO3/c7-5-1-4(3-10-5)2-6(8)9/h1,3H,2H2,(H,8,9). The summed E-state index contributed by atoms with van der Waals surface area (Å²) in [6.45, 7) is 0. The van der Waals surface area contributed by atoms with Gasteiger partial charge in [-0.1, -0.05) is 0 Å². The fourth-order valence-corrected chi connectivity index (χ4v) is 0.613. The number of furan rings is 1. The quantitative estimate of drug-likeness (QED) is 0.674. The fourth-order valence-electron chi connectivity index (χ4n) is 0.613. The predicted molar refractivity (Wildman–Crippen MR) is 30.0 cm³/mol. The topological polar surface area (TPSA) is 50.4 Å². The van der Waals surface area contributed by atoms with Gasteiger partial charge >= 0.3 is 5.97 Å². The van der Waals surface area contributed by atoms with Crippen molar-refractivity contribution in [1.29, 1.82) is 0 Å². The molecule has 1 aromatic heterocycles. The summed E-state index contributed by atoms with van der Waals surface area (Å²) < 4.78 is 16.3. The molecule has 0 atom stereocenters. The molecule has 0 spiro atoms. The molecule has 1 rings (SSSR count). The van der Waals surface area contributed by atoms with E-state index >= 15 is 0 Å². The fraction of sp³-hybridized carbons (Fsp3) is 0.167. The molecule has 0 radical (unpaired) electrons. The maximum absolute atomic E-state index is 12.0. The third-order valence-electron chi connectivity index (χ3n) is 0.977. The highest BCUT2D eigenvalue weighted by molar-refractivity contribution is 5.69. The molecule has 0 aliphatic heterocycles. The van der Waals surface area contributed by atoms with Gasteiger partial charge in [0.15, 0.2) is 0 Å². The van der Waals surface area contributed by atoms with Gasteiger partial charge in [0.05, 0.1) is 12.7 Å². The molecule has 54 valence electrons. The van der Waals surface area contributed by atoms with Crippen LogP contribution in [-0.2, 0) is 11.2 Å². The third-order valence-corrected chi connectivity index (χ3v) is 0.977. The lowest BCUT2D eigenvalue weighted by Crippen LogP contribution is -1.97. The molecule has 0 saturated heterocycles. The number of rotatable bonds is 2. The normalized spacial score (nSPS) is 9.70. The second-order valence-electron chi connectivity index (χ2n) is 1.83. The van der Waals surface area contributed by atoms with Gasteiger partial charge in [-0.25, -0.2) is 0 Å². The minimum atomic E-state index is -0.999. The van der Waals surface area contributed by atoms with Crippen molar-refractivity contribution in [1.82, 2.24) is 0 Å². The number of carboxylic acids is 1. The molecule has 1 heterocycles. The number of aliphatic carboxylic acids is 1. The Kier molecular flexibility index (Phi) is 1.71. The van der Waals surface area contributed by atoms with Crippen LogP contribution in [0, 0.1) is 6.01 Å². The molecule has 3 nitrogen and oxygen atoms in total. The minimum Gasteiger partial charge on any atom is -0.481 e. The molecule has 10 heavy (non-hydrogen) atoms. The first-order valence-corrected chi connectivity index (χ1v) is 2.63. The SMILES string of the molecule is O=C(O)Cc1coc(F)c1. The van der Waals surface area contributed by atoms with Crippen LogP contribution in [0.3, 0.4) is 0 Å². The van der Waals surface area contributed by atoms with E-state index in [-0.39, 0.29) is 6.42 Å². The van der Waals surface area contributed by atoms with Gasteiger partial charge in [-0.2, -0.15) is 4.39 Å². The van der Waals surface area contributed by atoms with Crippen molar-refractivity contribution in [2.75, 3.05) is 0 Å². The van der Waals surface area contributed by atoms with Crippen molar-refractivity contribution in [3.63, 3.8) is 0 Å². The molecule has 0 amide bonds. The lowest BCUT2D eigenvalue weighted by Gasteiger charge is -1.83. The Morgan fingerprint density at radius 1 is 1.80 bits per heavy atom. The summed E-state index contributed by atoms with van der Waals surface area (Å²) in [6, 6.07) is 0.296. The Labute approximate surface area is 56.1 Å². The summed E-state index contributed by atoms with van der Waals surface area (Å²) in [7, 11) is 0. The first kappa shape index (κ1) is 6.80. The molecular weight excluding hydrogens is 139 g/mol. The van der Waals surface area contributed by atoms with Crippen molar-refractivity contribution in [3.05, 3.63) is 23.9 Å². The van der Waals surface area contributed by atoms with Crippen LogP contribution >= 0.6 is 0 Å². The number of carboxylic acid groups (broad SMARTS) is 1. The first-order valence-electron chi connectivity index (χ1n) is 2.63. The lowest BCUT2D eigenvalue weighted by atomic mass is 10.2. The molecule has 0 aliphatic rings. The highest BCUT2D eigenvalue weighted by Crippen LogP contribution is 2.05. The number of halogens is 1. The van der Waals surface area contributed by atoms with E-state index in [1.807, 2.05) is 0 Å². The Balaban J connectivity index is 2.67. The number of hydrogen-bond acceptors (Lipinski definition) is 2. The second kappa shape index (κ2) is 2.51. The smallest absolute Gasteiger partial charge is 0.307 e. The zero-order chi connectivity index (χ0) is 7.56. The monoisotopic (exact) mass is 144 g/mol. The van der Waals surface area contributed by atoms with Crippen LogP contribution in [0.1, 0.15) is 5.56 Å². The van der Waals surface area contributed by atoms with Crippen LogP contribution in [0.5, 0.6) is 0 Å². The summed E-state index contributed by atoms with van der Waals surface area (Å²) in [4.78, 5) is 10.0. The van der Waals surface area contributed by atoms with E-state index in [2.05, 4.69) is 4.42 Å². The van der Waals surface area contributed by atoms with Gasteiger partial charge in [0, 0.05) is 11.6 Å². The summed E-state index contributed by atoms with van der Waals surface area (Å²) in [5.74, 6) is -0.999. The van der Waals surface area contributed by atoms with Crippen LogP contribution in [-0.4, -0.2) is 11.1 Å². The molecule has 0 bridgehead atoms. The minimum absolute atomic E-state index is 0.201. The second-order valence-corrected chi connectivity index (χ2v) is 1.83. The molecule has 0 aliphatic carbocycles. The molecule has 0 fully saturated rings. The molecule has 0 saturated carbocycles. The van der Waals surface area contributed by atoms with Gasteiger partial charge in [0.2, 0.25) is 0 Å². The Morgan fingerprint density at radius 2 is 2.50 bits per heavy atom. The van der Waals surface area contributed by atoms with Gasteiger partial charge in [-0.15, -0.1) is 0 Å². The van der Waals surface area contributed by atoms with E-state index in [9.17, 15) is 9.18 Å². The van der Waals surface area contributed by atoms with E-state index in [1.165, 1.54) is 0 Å². The molecule has 1 aromatic rings. The summed E-state index contributed by atoms with van der Waals surface area (Å²) in [6.07, 6.45) is 0.886. The van der Waals surface area contributed by atoms with Gasteiger partial charge in [0.25, 0.3) is 6.01 Å². The zero-order valence-corrected chi connectivity index (χ0v) is 5.00. The number of hydrogen-bond donors (Lipinski definition) is 1. The molecular formula is C6H5FO3. The molecule has 0 unspecified atom stereocenters. The predicted octanol–water partition coefficient (Wildman–Crippen LogP) is 1.05. The van der Waals surface area contributed by atoms with E-state index < -0.39 is 12.0 Å². The van der Waals surface area contributed by atoms with E-state index in [1.54, 1.807) is 0 Å². The van der Waals surface area contributed by atoms with Crippen molar-refractivity contribution < 1.29 is 18.7 Å². The van der Waals surface area contributed by atoms with Gasteiger partial charge < -0.3 is 9.52 Å². The van der Waals surface area contributed by atoms with Gasteiger partial charge in [-0.05, 0) is 0 Å². The molecule has 1 N–H and O–H groups in total. The first-order chi connectivity index (χ1) is 4.68.